The lowest BCUT2D eigenvalue weighted by Crippen LogP contribution is -2.38. The Bertz CT molecular complexity index is 711. The van der Waals surface area contributed by atoms with E-state index in [2.05, 4.69) is 25.3 Å². The fraction of sp³-hybridized carbons (Fsp3) is 0.333. The smallest absolute Gasteiger partial charge is 0.387 e. The monoisotopic (exact) mass is 366 g/mol. The van der Waals surface area contributed by atoms with Gasteiger partial charge in [-0.05, 0) is 31.2 Å². The lowest BCUT2D eigenvalue weighted by atomic mass is 10.2. The molecule has 8 heteroatoms. The summed E-state index contributed by atoms with van der Waals surface area (Å²) in [6.45, 7) is -0.0877. The summed E-state index contributed by atoms with van der Waals surface area (Å²) in [7, 11) is 0. The molecule has 2 N–H and O–H groups in total. The number of guanidine groups is 1. The third kappa shape index (κ3) is 6.27. The number of halogens is 3. The van der Waals surface area contributed by atoms with Gasteiger partial charge in [-0.2, -0.15) is 8.78 Å². The Morgan fingerprint density at radius 3 is 2.73 bits per heavy atom. The van der Waals surface area contributed by atoms with Gasteiger partial charge in [-0.25, -0.2) is 9.38 Å². The fourth-order valence-electron chi connectivity index (χ4n) is 2.25. The molecule has 1 heterocycles. The molecular weight excluding hydrogens is 345 g/mol. The summed E-state index contributed by atoms with van der Waals surface area (Å²) in [6.07, 6.45) is 2.40. The minimum absolute atomic E-state index is 0.0188. The number of benzene rings is 1. The van der Waals surface area contributed by atoms with Crippen molar-refractivity contribution in [2.24, 2.45) is 4.99 Å². The summed E-state index contributed by atoms with van der Waals surface area (Å²) in [4.78, 5) is 8.48. The van der Waals surface area contributed by atoms with Crippen LogP contribution in [0, 0.1) is 5.82 Å². The Balaban J connectivity index is 2.02. The fourth-order valence-corrected chi connectivity index (χ4v) is 2.25. The second kappa shape index (κ2) is 10.3. The standard InChI is InChI=1S/C18H21F3N4O/c1-2-22-18(24-11-9-13-6-3-4-10-23-13)25-12-14-15(19)7-5-8-16(14)26-17(20)21/h3-8,10,17H,2,9,11-12H2,1H3,(H2,22,24,25). The van der Waals surface area contributed by atoms with Gasteiger partial charge in [0.15, 0.2) is 5.96 Å². The van der Waals surface area contributed by atoms with Crippen LogP contribution in [0.5, 0.6) is 5.75 Å². The molecule has 0 spiro atoms. The van der Waals surface area contributed by atoms with Crippen LogP contribution >= 0.6 is 0 Å². The number of rotatable bonds is 8. The number of aromatic nitrogens is 1. The highest BCUT2D eigenvalue weighted by molar-refractivity contribution is 5.79. The van der Waals surface area contributed by atoms with E-state index < -0.39 is 12.4 Å². The first kappa shape index (κ1) is 19.6. The average molecular weight is 366 g/mol. The Morgan fingerprint density at radius 1 is 1.19 bits per heavy atom. The number of nitrogens with zero attached hydrogens (tertiary/aromatic N) is 2. The molecule has 1 aromatic heterocycles. The summed E-state index contributed by atoms with van der Waals surface area (Å²) < 4.78 is 43.3. The van der Waals surface area contributed by atoms with Crippen LogP contribution in [0.1, 0.15) is 18.2 Å². The van der Waals surface area contributed by atoms with E-state index in [-0.39, 0.29) is 17.9 Å². The number of pyridine rings is 1. The zero-order chi connectivity index (χ0) is 18.8. The van der Waals surface area contributed by atoms with Crippen molar-refractivity contribution in [3.05, 3.63) is 59.7 Å². The van der Waals surface area contributed by atoms with Gasteiger partial charge < -0.3 is 15.4 Å². The van der Waals surface area contributed by atoms with Gasteiger partial charge in [0.05, 0.1) is 12.1 Å². The lowest BCUT2D eigenvalue weighted by Gasteiger charge is -2.13. The molecule has 0 aliphatic rings. The number of hydrogen-bond donors (Lipinski definition) is 2. The summed E-state index contributed by atoms with van der Waals surface area (Å²) in [5.41, 5.74) is 0.910. The van der Waals surface area contributed by atoms with Crippen LogP contribution in [0.2, 0.25) is 0 Å². The maximum atomic E-state index is 14.0. The largest absolute Gasteiger partial charge is 0.434 e. The molecule has 1 aromatic carbocycles. The van der Waals surface area contributed by atoms with E-state index in [1.807, 2.05) is 25.1 Å². The molecule has 0 saturated heterocycles. The van der Waals surface area contributed by atoms with E-state index in [4.69, 9.17) is 0 Å². The van der Waals surface area contributed by atoms with Crippen LogP contribution in [-0.4, -0.2) is 30.6 Å². The van der Waals surface area contributed by atoms with E-state index in [9.17, 15) is 13.2 Å². The molecule has 0 fully saturated rings. The highest BCUT2D eigenvalue weighted by Crippen LogP contribution is 2.24. The highest BCUT2D eigenvalue weighted by atomic mass is 19.3. The number of hydrogen-bond acceptors (Lipinski definition) is 3. The quantitative estimate of drug-likeness (QED) is 0.557. The Labute approximate surface area is 150 Å². The topological polar surface area (TPSA) is 58.5 Å². The van der Waals surface area contributed by atoms with Crippen molar-refractivity contribution in [2.45, 2.75) is 26.5 Å². The molecule has 0 amide bonds. The Kier molecular flexibility index (Phi) is 7.73. The van der Waals surface area contributed by atoms with Crippen LogP contribution in [0.3, 0.4) is 0 Å². The van der Waals surface area contributed by atoms with Gasteiger partial charge in [0.25, 0.3) is 0 Å². The minimum atomic E-state index is -3.02. The first-order valence-electron chi connectivity index (χ1n) is 8.24. The average Bonchev–Trinajstić information content (AvgIpc) is 2.61. The summed E-state index contributed by atoms with van der Waals surface area (Å²) in [5, 5.41) is 6.13. The maximum Gasteiger partial charge on any atom is 0.387 e. The lowest BCUT2D eigenvalue weighted by molar-refractivity contribution is -0.0506. The number of alkyl halides is 2. The van der Waals surface area contributed by atoms with Crippen LogP contribution in [0.25, 0.3) is 0 Å². The number of nitrogens with one attached hydrogen (secondary N) is 2. The molecular formula is C18H21F3N4O. The first-order valence-corrected chi connectivity index (χ1v) is 8.24. The summed E-state index contributed by atoms with van der Waals surface area (Å²) in [5.74, 6) is -0.404. The van der Waals surface area contributed by atoms with Crippen molar-refractivity contribution in [2.75, 3.05) is 13.1 Å². The van der Waals surface area contributed by atoms with Gasteiger partial charge in [-0.1, -0.05) is 12.1 Å². The molecule has 0 atom stereocenters. The molecule has 140 valence electrons. The van der Waals surface area contributed by atoms with Crippen LogP contribution in [-0.2, 0) is 13.0 Å². The van der Waals surface area contributed by atoms with Gasteiger partial charge in [-0.3, -0.25) is 4.98 Å². The molecule has 26 heavy (non-hydrogen) atoms. The molecule has 0 aliphatic heterocycles. The Hall–Kier alpha value is -2.77. The van der Waals surface area contributed by atoms with E-state index >= 15 is 0 Å². The second-order valence-corrected chi connectivity index (χ2v) is 5.29. The molecule has 5 nitrogen and oxygen atoms in total. The highest BCUT2D eigenvalue weighted by Gasteiger charge is 2.13. The van der Waals surface area contributed by atoms with Crippen molar-refractivity contribution in [3.63, 3.8) is 0 Å². The summed E-state index contributed by atoms with van der Waals surface area (Å²) in [6, 6.07) is 9.46. The minimum Gasteiger partial charge on any atom is -0.434 e. The van der Waals surface area contributed by atoms with Crippen LogP contribution in [0.4, 0.5) is 13.2 Å². The van der Waals surface area contributed by atoms with E-state index in [0.29, 0.717) is 25.5 Å². The predicted octanol–water partition coefficient (Wildman–Crippen LogP) is 3.12. The molecule has 0 aliphatic carbocycles. The van der Waals surface area contributed by atoms with E-state index in [1.54, 1.807) is 6.20 Å². The van der Waals surface area contributed by atoms with Gasteiger partial charge in [0.1, 0.15) is 11.6 Å². The second-order valence-electron chi connectivity index (χ2n) is 5.29. The van der Waals surface area contributed by atoms with Crippen molar-refractivity contribution in [3.8, 4) is 5.75 Å². The SMILES string of the molecule is CCNC(=NCc1c(F)cccc1OC(F)F)NCCc1ccccn1. The van der Waals surface area contributed by atoms with E-state index in [0.717, 1.165) is 5.69 Å². The third-order valence-electron chi connectivity index (χ3n) is 3.43. The molecule has 0 saturated carbocycles. The zero-order valence-corrected chi connectivity index (χ0v) is 14.4. The molecule has 2 rings (SSSR count). The van der Waals surface area contributed by atoms with Gasteiger partial charge in [0.2, 0.25) is 0 Å². The Morgan fingerprint density at radius 2 is 2.04 bits per heavy atom. The van der Waals surface area contributed by atoms with Crippen molar-refractivity contribution in [1.29, 1.82) is 0 Å². The zero-order valence-electron chi connectivity index (χ0n) is 14.4. The predicted molar refractivity (Wildman–Crippen MR) is 93.8 cm³/mol. The van der Waals surface area contributed by atoms with Gasteiger partial charge in [-0.15, -0.1) is 0 Å². The van der Waals surface area contributed by atoms with Gasteiger partial charge >= 0.3 is 6.61 Å². The molecule has 2 aromatic rings. The summed E-state index contributed by atoms with van der Waals surface area (Å²) >= 11 is 0. The van der Waals surface area contributed by atoms with Crippen molar-refractivity contribution in [1.82, 2.24) is 15.6 Å². The number of ether oxygens (including phenoxy) is 1. The van der Waals surface area contributed by atoms with Crippen molar-refractivity contribution < 1.29 is 17.9 Å². The normalized spacial score (nSPS) is 11.5. The third-order valence-corrected chi connectivity index (χ3v) is 3.43. The van der Waals surface area contributed by atoms with Crippen LogP contribution in [0.15, 0.2) is 47.6 Å². The number of aliphatic imine (C=N–C) groups is 1. The van der Waals surface area contributed by atoms with E-state index in [1.165, 1.54) is 18.2 Å². The molecule has 0 bridgehead atoms. The van der Waals surface area contributed by atoms with Gasteiger partial charge in [0, 0.05) is 31.4 Å². The molecule has 0 unspecified atom stereocenters. The molecule has 0 radical (unpaired) electrons. The first-order chi connectivity index (χ1) is 12.6. The van der Waals surface area contributed by atoms with Crippen molar-refractivity contribution >= 4 is 5.96 Å². The maximum absolute atomic E-state index is 14.0. The van der Waals surface area contributed by atoms with Crippen LogP contribution < -0.4 is 15.4 Å².